The van der Waals surface area contributed by atoms with Crippen molar-refractivity contribution in [2.75, 3.05) is 13.1 Å². The lowest BCUT2D eigenvalue weighted by Crippen LogP contribution is -2.57. The fraction of sp³-hybridized carbons (Fsp3) is 0.393. The number of unbranched alkanes of at least 4 members (excludes halogenated alkanes) is 3. The molecule has 0 saturated carbocycles. The highest BCUT2D eigenvalue weighted by Crippen LogP contribution is 2.39. The Morgan fingerprint density at radius 3 is 2.20 bits per heavy atom. The summed E-state index contributed by atoms with van der Waals surface area (Å²) in [5.74, 6) is 1.28. The number of ketones is 1. The Bertz CT molecular complexity index is 3150. The molecule has 4 aliphatic rings. The molecule has 424 valence electrons. The first-order valence-electron chi connectivity index (χ1n) is 27.5. The second kappa shape index (κ2) is 26.9. The lowest BCUT2D eigenvalue weighted by atomic mass is 9.94. The van der Waals surface area contributed by atoms with E-state index in [9.17, 15) is 52.7 Å². The predicted molar refractivity (Wildman–Crippen MR) is 299 cm³/mol. The molecule has 19 nitrogen and oxygen atoms in total. The van der Waals surface area contributed by atoms with Crippen LogP contribution in [0, 0.1) is 17.8 Å². The maximum absolute atomic E-state index is 15.0. The Hall–Kier alpha value is -8.04. The number of carbonyl (C=O) groups is 9. The normalized spacial score (nSPS) is 19.6. The SMILES string of the molecule is C/C(=C\C(=O)C[C@H]1CN(C(=O)CCCCCC#Cc2cccc3c2CN(C2CCC(=O)NC2=O)C3=O)CC[C@H]2CC[C@@H](C(=O)N[C@@H](CCC(N)=O)C(=O)NC(c3ccccc3)c3ccccc3)N2C1=O)c1ccc(CP(=O)(O)O)cc1. The van der Waals surface area contributed by atoms with Crippen molar-refractivity contribution >= 4 is 66.2 Å². The highest BCUT2D eigenvalue weighted by atomic mass is 31.2. The highest BCUT2D eigenvalue weighted by Gasteiger charge is 2.46. The van der Waals surface area contributed by atoms with Gasteiger partial charge in [-0.25, -0.2) is 0 Å². The van der Waals surface area contributed by atoms with Crippen LogP contribution in [0.2, 0.25) is 0 Å². The van der Waals surface area contributed by atoms with Crippen LogP contribution in [0.1, 0.15) is 140 Å². The van der Waals surface area contributed by atoms with Gasteiger partial charge in [0.15, 0.2) is 5.78 Å². The van der Waals surface area contributed by atoms with Crippen LogP contribution in [0.4, 0.5) is 0 Å². The standard InChI is InChI=1S/C61H68N7O12P/c1-39(41-24-22-40(23-25-41)38-81(78,79)80)34-47(69)35-45-36-66(55(72)21-12-4-2-3-7-14-42-19-13-20-48-49(42)37-67(61(48)77)51-29-31-54(71)64-58(51)74)33-32-46-26-28-52(68(46)60(45)76)59(75)63-50(27-30-53(62)70)57(73)65-56(43-15-8-5-9-16-43)44-17-10-6-11-18-44/h5-6,8-11,13,15-20,22-25,34,45-46,50-52,56H,2-4,12,21,26-33,35-38H2,1H3,(H2,62,70)(H,63,75)(H,65,73)(H,64,71,74)(H2,78,79,80)/b39-34+/t45-,46+,50-,51?,52-/m0/s1. The molecule has 20 heteroatoms. The molecular weight excluding hydrogens is 1050 g/mol. The van der Waals surface area contributed by atoms with E-state index in [0.717, 1.165) is 16.7 Å². The third kappa shape index (κ3) is 15.5. The van der Waals surface area contributed by atoms with Crippen LogP contribution in [0.15, 0.2) is 109 Å². The van der Waals surface area contributed by atoms with E-state index in [1.54, 1.807) is 48.2 Å². The Morgan fingerprint density at radius 2 is 1.53 bits per heavy atom. The Balaban J connectivity index is 0.937. The number of carbonyl (C=O) groups excluding carboxylic acids is 9. The van der Waals surface area contributed by atoms with Crippen LogP contribution in [-0.4, -0.2) is 115 Å². The number of fused-ring (bicyclic) bond motifs is 2. The molecule has 81 heavy (non-hydrogen) atoms. The summed E-state index contributed by atoms with van der Waals surface area (Å²) >= 11 is 0. The van der Waals surface area contributed by atoms with Gasteiger partial charge in [0.05, 0.1) is 18.1 Å². The first-order chi connectivity index (χ1) is 38.8. The van der Waals surface area contributed by atoms with Crippen molar-refractivity contribution in [1.82, 2.24) is 30.7 Å². The summed E-state index contributed by atoms with van der Waals surface area (Å²) in [6, 6.07) is 26.2. The summed E-state index contributed by atoms with van der Waals surface area (Å²) < 4.78 is 11.6. The number of benzene rings is 4. The molecule has 3 saturated heterocycles. The molecule has 8 amide bonds. The number of nitrogens with zero attached hydrogens (tertiary/aromatic N) is 3. The second-order valence-corrected chi connectivity index (χ2v) is 22.9. The zero-order valence-corrected chi connectivity index (χ0v) is 46.1. The predicted octanol–water partition coefficient (Wildman–Crippen LogP) is 5.35. The minimum absolute atomic E-state index is 0.0920. The average Bonchev–Trinajstić information content (AvgIpc) is 4.04. The molecular formula is C61H68N7O12P. The molecule has 8 rings (SSSR count). The van der Waals surface area contributed by atoms with Crippen LogP contribution in [0.25, 0.3) is 5.57 Å². The molecule has 0 radical (unpaired) electrons. The van der Waals surface area contributed by atoms with E-state index >= 15 is 4.79 Å². The summed E-state index contributed by atoms with van der Waals surface area (Å²) in [4.78, 5) is 145. The molecule has 1 unspecified atom stereocenters. The van der Waals surface area contributed by atoms with Gasteiger partial charge in [0.25, 0.3) is 5.91 Å². The van der Waals surface area contributed by atoms with Gasteiger partial charge in [-0.1, -0.05) is 109 Å². The zero-order valence-electron chi connectivity index (χ0n) is 45.2. The van der Waals surface area contributed by atoms with Crippen LogP contribution < -0.4 is 21.7 Å². The van der Waals surface area contributed by atoms with Crippen molar-refractivity contribution in [3.05, 3.63) is 148 Å². The van der Waals surface area contributed by atoms with Crippen molar-refractivity contribution in [3.8, 4) is 11.8 Å². The van der Waals surface area contributed by atoms with Gasteiger partial charge in [-0.05, 0) is 103 Å². The second-order valence-electron chi connectivity index (χ2n) is 21.3. The van der Waals surface area contributed by atoms with Crippen molar-refractivity contribution in [2.45, 2.75) is 133 Å². The number of amides is 8. The maximum Gasteiger partial charge on any atom is 0.329 e. The fourth-order valence-corrected chi connectivity index (χ4v) is 11.9. The fourth-order valence-electron chi connectivity index (χ4n) is 11.2. The number of primary amides is 1. The average molecular weight is 1120 g/mol. The zero-order chi connectivity index (χ0) is 57.8. The topological polar surface area (TPSA) is 283 Å². The first kappa shape index (κ1) is 59.1. The maximum atomic E-state index is 15.0. The minimum atomic E-state index is -4.31. The van der Waals surface area contributed by atoms with Crippen LogP contribution in [0.5, 0.6) is 0 Å². The smallest absolute Gasteiger partial charge is 0.329 e. The molecule has 3 fully saturated rings. The minimum Gasteiger partial charge on any atom is -0.370 e. The van der Waals surface area contributed by atoms with Gasteiger partial charge in [0, 0.05) is 68.9 Å². The molecule has 5 atom stereocenters. The number of rotatable bonds is 21. The van der Waals surface area contributed by atoms with E-state index in [1.807, 2.05) is 66.7 Å². The van der Waals surface area contributed by atoms with Crippen molar-refractivity contribution in [1.29, 1.82) is 0 Å². The van der Waals surface area contributed by atoms with Gasteiger partial charge in [0.1, 0.15) is 18.1 Å². The molecule has 0 aromatic heterocycles. The lowest BCUT2D eigenvalue weighted by Gasteiger charge is -2.38. The van der Waals surface area contributed by atoms with E-state index in [1.165, 1.54) is 15.9 Å². The van der Waals surface area contributed by atoms with E-state index < -0.39 is 85.2 Å². The van der Waals surface area contributed by atoms with E-state index in [2.05, 4.69) is 27.8 Å². The first-order valence-corrected chi connectivity index (χ1v) is 29.3. The van der Waals surface area contributed by atoms with Gasteiger partial charge in [0.2, 0.25) is 41.4 Å². The highest BCUT2D eigenvalue weighted by molar-refractivity contribution is 7.50. The summed E-state index contributed by atoms with van der Waals surface area (Å²) in [6.07, 6.45) is 4.30. The summed E-state index contributed by atoms with van der Waals surface area (Å²) in [5.41, 5.74) is 10.6. The summed E-state index contributed by atoms with van der Waals surface area (Å²) in [6.45, 7) is 2.07. The van der Waals surface area contributed by atoms with Gasteiger partial charge in [-0.15, -0.1) is 0 Å². The summed E-state index contributed by atoms with van der Waals surface area (Å²) in [7, 11) is -4.31. The number of nitrogens with one attached hydrogen (secondary N) is 3. The van der Waals surface area contributed by atoms with Crippen molar-refractivity contribution in [2.24, 2.45) is 11.7 Å². The van der Waals surface area contributed by atoms with Gasteiger partial charge in [-0.2, -0.15) is 0 Å². The van der Waals surface area contributed by atoms with Crippen LogP contribution in [0.3, 0.4) is 0 Å². The Morgan fingerprint density at radius 1 is 0.827 bits per heavy atom. The van der Waals surface area contributed by atoms with Crippen LogP contribution >= 0.6 is 7.60 Å². The molecule has 0 aliphatic carbocycles. The van der Waals surface area contributed by atoms with Gasteiger partial charge < -0.3 is 40.9 Å². The van der Waals surface area contributed by atoms with E-state index in [-0.39, 0.29) is 82.3 Å². The molecule has 4 aromatic rings. The van der Waals surface area contributed by atoms with Gasteiger partial charge in [-0.3, -0.25) is 53.0 Å². The number of hydrogen-bond donors (Lipinski definition) is 6. The number of nitrogens with two attached hydrogens (primary N) is 1. The molecule has 0 bridgehead atoms. The third-order valence-corrected chi connectivity index (χ3v) is 16.2. The number of piperidine rings is 1. The van der Waals surface area contributed by atoms with E-state index in [0.29, 0.717) is 66.4 Å². The molecule has 0 spiro atoms. The van der Waals surface area contributed by atoms with Gasteiger partial charge >= 0.3 is 7.60 Å². The van der Waals surface area contributed by atoms with Crippen LogP contribution in [-0.2, 0) is 55.6 Å². The molecule has 4 aromatic carbocycles. The molecule has 4 heterocycles. The number of imide groups is 1. The van der Waals surface area contributed by atoms with E-state index in [4.69, 9.17) is 5.73 Å². The lowest BCUT2D eigenvalue weighted by molar-refractivity contribution is -0.149. The molecule has 4 aliphatic heterocycles. The Labute approximate surface area is 470 Å². The van der Waals surface area contributed by atoms with Crippen molar-refractivity contribution in [3.63, 3.8) is 0 Å². The number of allylic oxidation sites excluding steroid dienone is 2. The monoisotopic (exact) mass is 1120 g/mol. The molecule has 7 N–H and O–H groups in total. The largest absolute Gasteiger partial charge is 0.370 e. The quantitative estimate of drug-likeness (QED) is 0.0202. The van der Waals surface area contributed by atoms with Crippen molar-refractivity contribution < 1.29 is 57.5 Å². The Kier molecular flexibility index (Phi) is 19.7. The number of hydrogen-bond acceptors (Lipinski definition) is 10. The summed E-state index contributed by atoms with van der Waals surface area (Å²) in [5, 5.41) is 8.23. The third-order valence-electron chi connectivity index (χ3n) is 15.4.